The lowest BCUT2D eigenvalue weighted by Crippen LogP contribution is -2.47. The van der Waals surface area contributed by atoms with Crippen molar-refractivity contribution in [3.63, 3.8) is 0 Å². The number of likely N-dealkylation sites (N-methyl/N-ethyl adjacent to an activating group) is 2. The molecule has 0 bridgehead atoms. The lowest BCUT2D eigenvalue weighted by Gasteiger charge is -2.37. The van der Waals surface area contributed by atoms with Crippen LogP contribution in [0.1, 0.15) is 24.9 Å². The van der Waals surface area contributed by atoms with E-state index in [0.717, 1.165) is 24.9 Å². The average Bonchev–Trinajstić information content (AvgIpc) is 3.44. The van der Waals surface area contributed by atoms with Crippen LogP contribution in [0.4, 0.5) is 0 Å². The Kier molecular flexibility index (Phi) is 5.36. The van der Waals surface area contributed by atoms with Gasteiger partial charge in [0.05, 0.1) is 30.7 Å². The predicted octanol–water partition coefficient (Wildman–Crippen LogP) is 1.45. The molecule has 33 heavy (non-hydrogen) atoms. The van der Waals surface area contributed by atoms with Gasteiger partial charge in [0.15, 0.2) is 22.7 Å². The fourth-order valence-electron chi connectivity index (χ4n) is 5.65. The number of hydrogen-bond donors (Lipinski definition) is 0. The first-order chi connectivity index (χ1) is 15.8. The van der Waals surface area contributed by atoms with Gasteiger partial charge in [-0.3, -0.25) is 19.4 Å². The van der Waals surface area contributed by atoms with E-state index < -0.39 is 15.2 Å². The Balaban J connectivity index is 1.61. The summed E-state index contributed by atoms with van der Waals surface area (Å²) in [5, 5.41) is 10.7. The summed E-state index contributed by atoms with van der Waals surface area (Å²) in [7, 11) is 3.55. The van der Waals surface area contributed by atoms with Crippen LogP contribution in [0.5, 0.6) is 11.5 Å². The molecule has 4 aliphatic rings. The van der Waals surface area contributed by atoms with Crippen molar-refractivity contribution in [2.45, 2.75) is 29.1 Å². The van der Waals surface area contributed by atoms with Gasteiger partial charge in [0.25, 0.3) is 5.91 Å². The molecule has 1 aromatic rings. The van der Waals surface area contributed by atoms with Gasteiger partial charge in [-0.15, -0.1) is 0 Å². The molecule has 4 unspecified atom stereocenters. The first-order valence-electron chi connectivity index (χ1n) is 11.1. The zero-order valence-corrected chi connectivity index (χ0v) is 19.9. The normalized spacial score (nSPS) is 36.5. The van der Waals surface area contributed by atoms with Crippen LogP contribution in [0.3, 0.4) is 0 Å². The van der Waals surface area contributed by atoms with Crippen molar-refractivity contribution in [2.75, 3.05) is 53.7 Å². The molecule has 5 rings (SSSR count). The summed E-state index contributed by atoms with van der Waals surface area (Å²) < 4.78 is 16.6. The Labute approximate surface area is 197 Å². The third-order valence-corrected chi connectivity index (χ3v) is 9.21. The van der Waals surface area contributed by atoms with Gasteiger partial charge in [0, 0.05) is 33.1 Å². The highest BCUT2D eigenvalue weighted by Gasteiger charge is 2.69. The van der Waals surface area contributed by atoms with Gasteiger partial charge in [-0.1, -0.05) is 17.8 Å². The standard InChI is InChI=1S/C23H28N4O5S/c1-21(14-28)26(3)20(29)23(33-21)11-22(12-24,13-27-6-8-30-9-7-27)19(25(23)2)16-4-5-17-18(10-16)32-15-31-17/h4-5,10,14,19H,6-9,11,13,15H2,1-3H3. The second kappa shape index (κ2) is 7.87. The van der Waals surface area contributed by atoms with Crippen LogP contribution in [0.2, 0.25) is 0 Å². The van der Waals surface area contributed by atoms with Crippen LogP contribution in [0, 0.1) is 16.7 Å². The van der Waals surface area contributed by atoms with Crippen molar-refractivity contribution in [1.82, 2.24) is 14.7 Å². The second-order valence-electron chi connectivity index (χ2n) is 9.38. The quantitative estimate of drug-likeness (QED) is 0.604. The molecular formula is C23H28N4O5S. The number of benzene rings is 1. The van der Waals surface area contributed by atoms with E-state index in [-0.39, 0.29) is 18.7 Å². The zero-order chi connectivity index (χ0) is 23.4. The number of carbonyl (C=O) groups excluding carboxylic acids is 2. The van der Waals surface area contributed by atoms with Crippen molar-refractivity contribution < 1.29 is 23.8 Å². The minimum Gasteiger partial charge on any atom is -0.454 e. The molecule has 0 aliphatic carbocycles. The summed E-state index contributed by atoms with van der Waals surface area (Å²) in [6.45, 7) is 5.15. The van der Waals surface area contributed by atoms with E-state index in [1.54, 1.807) is 14.0 Å². The Morgan fingerprint density at radius 1 is 1.24 bits per heavy atom. The number of fused-ring (bicyclic) bond motifs is 1. The third kappa shape index (κ3) is 3.25. The van der Waals surface area contributed by atoms with E-state index in [4.69, 9.17) is 14.2 Å². The van der Waals surface area contributed by atoms with Crippen molar-refractivity contribution in [3.8, 4) is 17.6 Å². The molecule has 1 spiro atoms. The highest BCUT2D eigenvalue weighted by atomic mass is 32.2. The van der Waals surface area contributed by atoms with Crippen LogP contribution >= 0.6 is 11.8 Å². The summed E-state index contributed by atoms with van der Waals surface area (Å²) in [5.74, 6) is 1.17. The number of hydrogen-bond acceptors (Lipinski definition) is 9. The Bertz CT molecular complexity index is 1030. The number of likely N-dealkylation sites (tertiary alicyclic amines) is 1. The van der Waals surface area contributed by atoms with Crippen molar-refractivity contribution in [1.29, 1.82) is 5.26 Å². The molecule has 4 atom stereocenters. The van der Waals surface area contributed by atoms with Gasteiger partial charge in [0.2, 0.25) is 6.79 Å². The fourth-order valence-corrected chi connectivity index (χ4v) is 7.40. The highest BCUT2D eigenvalue weighted by molar-refractivity contribution is 8.03. The maximum atomic E-state index is 13.7. The maximum Gasteiger partial charge on any atom is 0.254 e. The van der Waals surface area contributed by atoms with Crippen LogP contribution in [-0.4, -0.2) is 90.4 Å². The zero-order valence-electron chi connectivity index (χ0n) is 19.1. The van der Waals surface area contributed by atoms with E-state index >= 15 is 0 Å². The first-order valence-corrected chi connectivity index (χ1v) is 11.9. The van der Waals surface area contributed by atoms with E-state index in [0.29, 0.717) is 37.7 Å². The topological polar surface area (TPSA) is 95.3 Å². The molecule has 0 radical (unpaired) electrons. The Morgan fingerprint density at radius 2 is 1.97 bits per heavy atom. The lowest BCUT2D eigenvalue weighted by molar-refractivity contribution is -0.138. The summed E-state index contributed by atoms with van der Waals surface area (Å²) >= 11 is 1.33. The Morgan fingerprint density at radius 3 is 2.64 bits per heavy atom. The molecule has 3 fully saturated rings. The molecule has 0 aromatic heterocycles. The van der Waals surface area contributed by atoms with E-state index in [9.17, 15) is 14.9 Å². The molecular weight excluding hydrogens is 444 g/mol. The molecule has 4 heterocycles. The monoisotopic (exact) mass is 472 g/mol. The number of amides is 1. The van der Waals surface area contributed by atoms with Crippen LogP contribution in [-0.2, 0) is 14.3 Å². The number of rotatable bonds is 4. The van der Waals surface area contributed by atoms with Crippen molar-refractivity contribution in [3.05, 3.63) is 23.8 Å². The van der Waals surface area contributed by atoms with Crippen LogP contribution in [0.15, 0.2) is 18.2 Å². The van der Waals surface area contributed by atoms with Crippen molar-refractivity contribution >= 4 is 24.0 Å². The molecule has 3 saturated heterocycles. The smallest absolute Gasteiger partial charge is 0.254 e. The first kappa shape index (κ1) is 22.5. The molecule has 1 amide bonds. The molecule has 0 N–H and O–H groups in total. The number of nitriles is 1. The van der Waals surface area contributed by atoms with E-state index in [1.165, 1.54) is 16.7 Å². The van der Waals surface area contributed by atoms with Gasteiger partial charge >= 0.3 is 0 Å². The number of morpholine rings is 1. The summed E-state index contributed by atoms with van der Waals surface area (Å²) in [6, 6.07) is 7.99. The largest absolute Gasteiger partial charge is 0.454 e. The number of ether oxygens (including phenoxy) is 3. The number of nitrogens with zero attached hydrogens (tertiary/aromatic N) is 4. The van der Waals surface area contributed by atoms with Gasteiger partial charge in [-0.2, -0.15) is 5.26 Å². The second-order valence-corrected chi connectivity index (χ2v) is 11.1. The van der Waals surface area contributed by atoms with E-state index in [1.807, 2.05) is 30.1 Å². The van der Waals surface area contributed by atoms with Gasteiger partial charge in [-0.05, 0) is 31.7 Å². The van der Waals surface area contributed by atoms with Gasteiger partial charge in [0.1, 0.15) is 4.87 Å². The molecule has 0 saturated carbocycles. The average molecular weight is 473 g/mol. The van der Waals surface area contributed by atoms with Crippen LogP contribution < -0.4 is 9.47 Å². The minimum absolute atomic E-state index is 0.144. The molecule has 176 valence electrons. The van der Waals surface area contributed by atoms with Crippen molar-refractivity contribution in [2.24, 2.45) is 5.41 Å². The number of aldehydes is 1. The number of thioether (sulfide) groups is 1. The fraction of sp³-hybridized carbons (Fsp3) is 0.609. The molecule has 10 heteroatoms. The SMILES string of the molecule is CN1C(=O)C2(CC(C#N)(CN3CCOCC3)C(c3ccc4c(c3)OCO4)N2C)SC1(C)C=O. The number of carbonyl (C=O) groups is 2. The third-order valence-electron chi connectivity index (χ3n) is 7.48. The Hall–Kier alpha value is -2.32. The van der Waals surface area contributed by atoms with Crippen LogP contribution in [0.25, 0.3) is 0 Å². The summed E-state index contributed by atoms with van der Waals surface area (Å²) in [4.78, 5) is 29.5. The summed E-state index contributed by atoms with van der Waals surface area (Å²) in [5.41, 5.74) is 0.0152. The van der Waals surface area contributed by atoms with Gasteiger partial charge in [-0.25, -0.2) is 0 Å². The lowest BCUT2D eigenvalue weighted by atomic mass is 9.76. The molecule has 4 aliphatic heterocycles. The maximum absolute atomic E-state index is 13.7. The molecule has 1 aromatic carbocycles. The highest BCUT2D eigenvalue weighted by Crippen LogP contribution is 2.63. The summed E-state index contributed by atoms with van der Waals surface area (Å²) in [6.07, 6.45) is 1.14. The van der Waals surface area contributed by atoms with E-state index in [2.05, 4.69) is 11.0 Å². The minimum atomic E-state index is -1.02. The van der Waals surface area contributed by atoms with Gasteiger partial charge < -0.3 is 19.1 Å². The predicted molar refractivity (Wildman–Crippen MR) is 121 cm³/mol. The molecule has 9 nitrogen and oxygen atoms in total.